The first-order valence-electron chi connectivity index (χ1n) is 10.7. The minimum absolute atomic E-state index is 0.0177. The summed E-state index contributed by atoms with van der Waals surface area (Å²) in [6.45, 7) is 11.8. The molecule has 0 saturated heterocycles. The molecule has 2 atom stereocenters. The maximum atomic E-state index is 6.57. The molecule has 0 amide bonds. The van der Waals surface area contributed by atoms with E-state index in [4.69, 9.17) is 4.74 Å². The van der Waals surface area contributed by atoms with Gasteiger partial charge in [0.2, 0.25) is 0 Å². The van der Waals surface area contributed by atoms with E-state index in [2.05, 4.69) is 94.2 Å². The van der Waals surface area contributed by atoms with Crippen LogP contribution in [0, 0.1) is 19.8 Å². The highest BCUT2D eigenvalue weighted by Gasteiger charge is 2.23. The van der Waals surface area contributed by atoms with Crippen molar-refractivity contribution < 1.29 is 4.74 Å². The SMILES string of the molecule is CN=Cc1cc(C)ccc1Pc1cc(C)cc(C(C)(C)C)c1OCC1C=CC=CC1. The zero-order valence-corrected chi connectivity index (χ0v) is 20.1. The first kappa shape index (κ1) is 22.5. The molecule has 1 aliphatic carbocycles. The van der Waals surface area contributed by atoms with Gasteiger partial charge in [-0.3, -0.25) is 4.99 Å². The van der Waals surface area contributed by atoms with Gasteiger partial charge in [-0.05, 0) is 48.7 Å². The molecule has 0 bridgehead atoms. The topological polar surface area (TPSA) is 21.6 Å². The van der Waals surface area contributed by atoms with E-state index in [1.165, 1.54) is 32.9 Å². The van der Waals surface area contributed by atoms with Crippen molar-refractivity contribution in [3.63, 3.8) is 0 Å². The van der Waals surface area contributed by atoms with Gasteiger partial charge in [-0.1, -0.05) is 77.4 Å². The summed E-state index contributed by atoms with van der Waals surface area (Å²) in [5.74, 6) is 1.50. The molecular formula is C27H34NOP. The largest absolute Gasteiger partial charge is 0.492 e. The Morgan fingerprint density at radius 2 is 1.87 bits per heavy atom. The van der Waals surface area contributed by atoms with Crippen molar-refractivity contribution in [3.05, 3.63) is 76.9 Å². The van der Waals surface area contributed by atoms with Gasteiger partial charge >= 0.3 is 0 Å². The molecule has 0 heterocycles. The molecule has 3 rings (SSSR count). The summed E-state index contributed by atoms with van der Waals surface area (Å²) in [5.41, 5.74) is 5.04. The highest BCUT2D eigenvalue weighted by Crippen LogP contribution is 2.35. The van der Waals surface area contributed by atoms with Crippen LogP contribution in [-0.2, 0) is 5.41 Å². The summed E-state index contributed by atoms with van der Waals surface area (Å²) >= 11 is 0. The highest BCUT2D eigenvalue weighted by molar-refractivity contribution is 7.56. The fourth-order valence-corrected chi connectivity index (χ4v) is 5.07. The second-order valence-electron chi connectivity index (χ2n) is 9.16. The molecule has 0 aliphatic heterocycles. The lowest BCUT2D eigenvalue weighted by Crippen LogP contribution is -2.22. The van der Waals surface area contributed by atoms with Crippen LogP contribution in [0.3, 0.4) is 0 Å². The Bertz CT molecular complexity index is 979. The summed E-state index contributed by atoms with van der Waals surface area (Å²) in [6.07, 6.45) is 11.7. The summed E-state index contributed by atoms with van der Waals surface area (Å²) in [6, 6.07) is 11.2. The van der Waals surface area contributed by atoms with E-state index in [1.807, 2.05) is 13.3 Å². The van der Waals surface area contributed by atoms with Gasteiger partial charge < -0.3 is 4.74 Å². The number of aryl methyl sites for hydroxylation is 2. The molecule has 1 aliphatic rings. The van der Waals surface area contributed by atoms with Crippen molar-refractivity contribution in [3.8, 4) is 5.75 Å². The standard InChI is InChI=1S/C27H34NOP/c1-19-12-13-24(22(14-19)17-28-6)30-25-16-20(2)15-23(27(3,4)5)26(25)29-18-21-10-8-7-9-11-21/h7-10,12-17,21,30H,11,18H2,1-6H3. The predicted octanol–water partition coefficient (Wildman–Crippen LogP) is 5.79. The van der Waals surface area contributed by atoms with Crippen LogP contribution in [0.4, 0.5) is 0 Å². The number of hydrogen-bond acceptors (Lipinski definition) is 2. The monoisotopic (exact) mass is 419 g/mol. The van der Waals surface area contributed by atoms with E-state index >= 15 is 0 Å². The highest BCUT2D eigenvalue weighted by atomic mass is 31.1. The molecule has 2 unspecified atom stereocenters. The molecule has 0 radical (unpaired) electrons. The molecule has 3 heteroatoms. The van der Waals surface area contributed by atoms with Gasteiger partial charge in [0.15, 0.2) is 0 Å². The van der Waals surface area contributed by atoms with Crippen molar-refractivity contribution in [1.82, 2.24) is 0 Å². The van der Waals surface area contributed by atoms with Gasteiger partial charge in [0.05, 0.1) is 6.61 Å². The zero-order chi connectivity index (χ0) is 21.7. The van der Waals surface area contributed by atoms with Crippen molar-refractivity contribution in [2.75, 3.05) is 13.7 Å². The number of nitrogens with zero attached hydrogens (tertiary/aromatic N) is 1. The van der Waals surface area contributed by atoms with E-state index in [1.54, 1.807) is 0 Å². The van der Waals surface area contributed by atoms with Crippen LogP contribution in [0.5, 0.6) is 5.75 Å². The number of benzene rings is 2. The number of ether oxygens (including phenoxy) is 1. The Kier molecular flexibility index (Phi) is 7.32. The molecule has 0 aromatic heterocycles. The molecule has 2 aromatic rings. The molecular weight excluding hydrogens is 385 g/mol. The predicted molar refractivity (Wildman–Crippen MR) is 134 cm³/mol. The molecule has 2 aromatic carbocycles. The second-order valence-corrected chi connectivity index (χ2v) is 10.5. The summed E-state index contributed by atoms with van der Waals surface area (Å²) in [4.78, 5) is 4.28. The Morgan fingerprint density at radius 1 is 1.07 bits per heavy atom. The second kappa shape index (κ2) is 9.75. The molecule has 0 fully saturated rings. The van der Waals surface area contributed by atoms with Crippen LogP contribution in [-0.4, -0.2) is 19.9 Å². The quantitative estimate of drug-likeness (QED) is 0.429. The average molecular weight is 420 g/mol. The third kappa shape index (κ3) is 5.70. The van der Waals surface area contributed by atoms with Crippen LogP contribution in [0.25, 0.3) is 0 Å². The maximum absolute atomic E-state index is 6.57. The Labute approximate surface area is 184 Å². The zero-order valence-electron chi connectivity index (χ0n) is 19.1. The van der Waals surface area contributed by atoms with Gasteiger partial charge in [0, 0.05) is 35.6 Å². The summed E-state index contributed by atoms with van der Waals surface area (Å²) < 4.78 is 6.57. The van der Waals surface area contributed by atoms with Crippen molar-refractivity contribution in [2.24, 2.45) is 10.9 Å². The average Bonchev–Trinajstić information content (AvgIpc) is 2.69. The van der Waals surface area contributed by atoms with Gasteiger partial charge in [-0.25, -0.2) is 0 Å². The van der Waals surface area contributed by atoms with Crippen LogP contribution in [0.15, 0.2) is 59.6 Å². The van der Waals surface area contributed by atoms with Gasteiger partial charge in [-0.2, -0.15) is 0 Å². The Balaban J connectivity index is 2.01. The molecule has 0 spiro atoms. The van der Waals surface area contributed by atoms with Crippen molar-refractivity contribution in [1.29, 1.82) is 0 Å². The lowest BCUT2D eigenvalue weighted by atomic mass is 9.85. The first-order valence-corrected chi connectivity index (χ1v) is 11.7. The van der Waals surface area contributed by atoms with Crippen LogP contribution < -0.4 is 15.3 Å². The lowest BCUT2D eigenvalue weighted by molar-refractivity contribution is 0.271. The third-order valence-electron chi connectivity index (χ3n) is 5.30. The summed E-state index contributed by atoms with van der Waals surface area (Å²) in [7, 11) is 2.36. The lowest BCUT2D eigenvalue weighted by Gasteiger charge is -2.27. The molecule has 158 valence electrons. The fourth-order valence-electron chi connectivity index (χ4n) is 3.71. The van der Waals surface area contributed by atoms with Crippen molar-refractivity contribution in [2.45, 2.75) is 46.5 Å². The fraction of sp³-hybridized carbons (Fsp3) is 0.370. The van der Waals surface area contributed by atoms with E-state index < -0.39 is 0 Å². The number of rotatable bonds is 6. The number of allylic oxidation sites excluding steroid dienone is 3. The normalized spacial score (nSPS) is 16.8. The Hall–Kier alpha value is -2.18. The molecule has 0 saturated carbocycles. The van der Waals surface area contributed by atoms with Gasteiger partial charge in [-0.15, -0.1) is 0 Å². The molecule has 30 heavy (non-hydrogen) atoms. The Morgan fingerprint density at radius 3 is 2.53 bits per heavy atom. The van der Waals surface area contributed by atoms with Gasteiger partial charge in [0.25, 0.3) is 0 Å². The van der Waals surface area contributed by atoms with Crippen LogP contribution in [0.1, 0.15) is 49.4 Å². The number of aliphatic imine (C=N–C) groups is 1. The third-order valence-corrected chi connectivity index (χ3v) is 6.66. The van der Waals surface area contributed by atoms with Crippen LogP contribution in [0.2, 0.25) is 0 Å². The van der Waals surface area contributed by atoms with E-state index in [0.717, 1.165) is 12.2 Å². The smallest absolute Gasteiger partial charge is 0.130 e. The van der Waals surface area contributed by atoms with E-state index in [9.17, 15) is 0 Å². The minimum atomic E-state index is 0.0177. The van der Waals surface area contributed by atoms with Crippen molar-refractivity contribution >= 4 is 25.4 Å². The first-order chi connectivity index (χ1) is 14.3. The van der Waals surface area contributed by atoms with E-state index in [0.29, 0.717) is 21.1 Å². The summed E-state index contributed by atoms with van der Waals surface area (Å²) in [5, 5.41) is 2.59. The molecule has 2 nitrogen and oxygen atoms in total. The van der Waals surface area contributed by atoms with E-state index in [-0.39, 0.29) is 5.41 Å². The minimum Gasteiger partial charge on any atom is -0.492 e. The molecule has 0 N–H and O–H groups in total. The van der Waals surface area contributed by atoms with Gasteiger partial charge in [0.1, 0.15) is 5.75 Å². The van der Waals surface area contributed by atoms with Crippen LogP contribution >= 0.6 is 8.58 Å². The maximum Gasteiger partial charge on any atom is 0.130 e. The number of hydrogen-bond donors (Lipinski definition) is 0.